The van der Waals surface area contributed by atoms with Crippen LogP contribution in [0, 0.1) is 12.8 Å². The quantitative estimate of drug-likeness (QED) is 0.526. The van der Waals surface area contributed by atoms with E-state index in [0.29, 0.717) is 6.61 Å². The maximum Gasteiger partial charge on any atom is 0.193 e. The number of benzene rings is 1. The number of guanidine groups is 1. The normalized spacial score (nSPS) is 19.5. The standard InChI is InChI=1S/C17H27N3O/c1-14-6-8-16(9-7-14)21-12-10-19-17(18-3)20-11-4-5-15(2)13-20/h6-9,15H,4-5,10-13H2,1-3H3,(H,18,19). The lowest BCUT2D eigenvalue weighted by Crippen LogP contribution is -2.47. The summed E-state index contributed by atoms with van der Waals surface area (Å²) in [6, 6.07) is 8.15. The molecule has 0 radical (unpaired) electrons. The molecule has 1 aromatic carbocycles. The number of nitrogens with zero attached hydrogens (tertiary/aromatic N) is 2. The maximum atomic E-state index is 5.73. The highest BCUT2D eigenvalue weighted by atomic mass is 16.5. The number of likely N-dealkylation sites (tertiary alicyclic amines) is 1. The number of aliphatic imine (C=N–C) groups is 1. The summed E-state index contributed by atoms with van der Waals surface area (Å²) < 4.78 is 5.73. The Labute approximate surface area is 128 Å². The van der Waals surface area contributed by atoms with Gasteiger partial charge in [-0.2, -0.15) is 0 Å². The van der Waals surface area contributed by atoms with Gasteiger partial charge in [0.2, 0.25) is 0 Å². The van der Waals surface area contributed by atoms with Gasteiger partial charge in [-0.1, -0.05) is 24.6 Å². The van der Waals surface area contributed by atoms with Crippen LogP contribution in [0.5, 0.6) is 5.75 Å². The number of nitrogens with one attached hydrogen (secondary N) is 1. The second kappa shape index (κ2) is 7.91. The summed E-state index contributed by atoms with van der Waals surface area (Å²) in [5, 5.41) is 3.39. The first kappa shape index (κ1) is 15.7. The zero-order valence-electron chi connectivity index (χ0n) is 13.4. The molecule has 1 saturated heterocycles. The molecule has 0 saturated carbocycles. The Morgan fingerprint density at radius 3 is 2.81 bits per heavy atom. The highest BCUT2D eigenvalue weighted by molar-refractivity contribution is 5.79. The van der Waals surface area contributed by atoms with Gasteiger partial charge in [0.15, 0.2) is 5.96 Å². The van der Waals surface area contributed by atoms with E-state index in [2.05, 4.69) is 41.2 Å². The molecular weight excluding hydrogens is 262 g/mol. The van der Waals surface area contributed by atoms with Crippen LogP contribution in [-0.2, 0) is 0 Å². The van der Waals surface area contributed by atoms with Gasteiger partial charge in [-0.25, -0.2) is 0 Å². The molecule has 21 heavy (non-hydrogen) atoms. The summed E-state index contributed by atoms with van der Waals surface area (Å²) in [5.41, 5.74) is 1.25. The van der Waals surface area contributed by atoms with E-state index in [-0.39, 0.29) is 0 Å². The lowest BCUT2D eigenvalue weighted by Gasteiger charge is -2.33. The second-order valence-electron chi connectivity index (χ2n) is 5.83. The predicted octanol–water partition coefficient (Wildman–Crippen LogP) is 2.68. The molecule has 4 nitrogen and oxygen atoms in total. The minimum Gasteiger partial charge on any atom is -0.492 e. The molecule has 1 fully saturated rings. The van der Waals surface area contributed by atoms with Gasteiger partial charge in [0.1, 0.15) is 12.4 Å². The van der Waals surface area contributed by atoms with Crippen molar-refractivity contribution in [3.63, 3.8) is 0 Å². The minimum atomic E-state index is 0.644. The molecule has 1 N–H and O–H groups in total. The Bertz CT molecular complexity index is 456. The second-order valence-corrected chi connectivity index (χ2v) is 5.83. The van der Waals surface area contributed by atoms with Crippen molar-refractivity contribution in [2.75, 3.05) is 33.3 Å². The number of hydrogen-bond acceptors (Lipinski definition) is 2. The molecule has 1 heterocycles. The summed E-state index contributed by atoms with van der Waals surface area (Å²) in [7, 11) is 1.85. The van der Waals surface area contributed by atoms with Crippen LogP contribution < -0.4 is 10.1 Å². The summed E-state index contributed by atoms with van der Waals surface area (Å²) in [4.78, 5) is 6.73. The Balaban J connectivity index is 1.72. The summed E-state index contributed by atoms with van der Waals surface area (Å²) in [6.07, 6.45) is 2.58. The third-order valence-electron chi connectivity index (χ3n) is 3.84. The summed E-state index contributed by atoms with van der Waals surface area (Å²) in [5.74, 6) is 2.67. The van der Waals surface area contributed by atoms with Gasteiger partial charge in [0, 0.05) is 20.1 Å². The fraction of sp³-hybridized carbons (Fsp3) is 0.588. The zero-order valence-corrected chi connectivity index (χ0v) is 13.4. The Morgan fingerprint density at radius 1 is 1.38 bits per heavy atom. The topological polar surface area (TPSA) is 36.9 Å². The summed E-state index contributed by atoms with van der Waals surface area (Å²) in [6.45, 7) is 7.99. The molecule has 116 valence electrons. The van der Waals surface area contributed by atoms with E-state index in [1.165, 1.54) is 18.4 Å². The van der Waals surface area contributed by atoms with Crippen molar-refractivity contribution in [1.29, 1.82) is 0 Å². The summed E-state index contributed by atoms with van der Waals surface area (Å²) >= 11 is 0. The monoisotopic (exact) mass is 289 g/mol. The van der Waals surface area contributed by atoms with E-state index in [1.807, 2.05) is 19.2 Å². The van der Waals surface area contributed by atoms with Gasteiger partial charge in [0.05, 0.1) is 6.54 Å². The lowest BCUT2D eigenvalue weighted by molar-refractivity contribution is 0.262. The third-order valence-corrected chi connectivity index (χ3v) is 3.84. The van der Waals surface area contributed by atoms with E-state index < -0.39 is 0 Å². The molecule has 1 aromatic rings. The number of ether oxygens (including phenoxy) is 1. The van der Waals surface area contributed by atoms with E-state index in [9.17, 15) is 0 Å². The van der Waals surface area contributed by atoms with Crippen molar-refractivity contribution in [3.05, 3.63) is 29.8 Å². The first-order valence-corrected chi connectivity index (χ1v) is 7.84. The molecule has 1 unspecified atom stereocenters. The molecule has 0 bridgehead atoms. The SMILES string of the molecule is CN=C(NCCOc1ccc(C)cc1)N1CCCC(C)C1. The van der Waals surface area contributed by atoms with E-state index in [4.69, 9.17) is 4.74 Å². The maximum absolute atomic E-state index is 5.73. The van der Waals surface area contributed by atoms with Crippen molar-refractivity contribution in [2.24, 2.45) is 10.9 Å². The van der Waals surface area contributed by atoms with Gasteiger partial charge >= 0.3 is 0 Å². The van der Waals surface area contributed by atoms with Crippen LogP contribution >= 0.6 is 0 Å². The van der Waals surface area contributed by atoms with Crippen molar-refractivity contribution in [2.45, 2.75) is 26.7 Å². The van der Waals surface area contributed by atoms with Crippen molar-refractivity contribution in [3.8, 4) is 5.75 Å². The average Bonchev–Trinajstić information content (AvgIpc) is 2.49. The van der Waals surface area contributed by atoms with Crippen LogP contribution in [-0.4, -0.2) is 44.1 Å². The third kappa shape index (κ3) is 4.96. The van der Waals surface area contributed by atoms with Crippen LogP contribution in [0.4, 0.5) is 0 Å². The Kier molecular flexibility index (Phi) is 5.90. The van der Waals surface area contributed by atoms with Crippen molar-refractivity contribution < 1.29 is 4.74 Å². The first-order valence-electron chi connectivity index (χ1n) is 7.84. The first-order chi connectivity index (χ1) is 10.2. The van der Waals surface area contributed by atoms with Gasteiger partial charge in [0.25, 0.3) is 0 Å². The molecule has 1 aliphatic rings. The fourth-order valence-electron chi connectivity index (χ4n) is 2.68. The van der Waals surface area contributed by atoms with Crippen LogP contribution in [0.15, 0.2) is 29.3 Å². The predicted molar refractivity (Wildman–Crippen MR) is 88.0 cm³/mol. The number of rotatable bonds is 4. The van der Waals surface area contributed by atoms with Crippen molar-refractivity contribution in [1.82, 2.24) is 10.2 Å². The minimum absolute atomic E-state index is 0.644. The van der Waals surface area contributed by atoms with Crippen LogP contribution in [0.3, 0.4) is 0 Å². The molecule has 0 spiro atoms. The largest absolute Gasteiger partial charge is 0.492 e. The molecule has 2 rings (SSSR count). The van der Waals surface area contributed by atoms with E-state index >= 15 is 0 Å². The van der Waals surface area contributed by atoms with Gasteiger partial charge < -0.3 is 15.0 Å². The molecule has 0 aromatic heterocycles. The Morgan fingerprint density at radius 2 is 2.14 bits per heavy atom. The number of aryl methyl sites for hydroxylation is 1. The van der Waals surface area contributed by atoms with Gasteiger partial charge in [-0.05, 0) is 37.8 Å². The molecule has 0 aliphatic carbocycles. The molecule has 1 aliphatic heterocycles. The molecular formula is C17H27N3O. The van der Waals surface area contributed by atoms with E-state index in [0.717, 1.165) is 37.3 Å². The van der Waals surface area contributed by atoms with Gasteiger partial charge in [-0.15, -0.1) is 0 Å². The highest BCUT2D eigenvalue weighted by Crippen LogP contribution is 2.15. The average molecular weight is 289 g/mol. The van der Waals surface area contributed by atoms with Crippen LogP contribution in [0.25, 0.3) is 0 Å². The fourth-order valence-corrected chi connectivity index (χ4v) is 2.68. The highest BCUT2D eigenvalue weighted by Gasteiger charge is 2.18. The molecule has 0 amide bonds. The number of hydrogen-bond donors (Lipinski definition) is 1. The number of piperidine rings is 1. The van der Waals surface area contributed by atoms with Crippen LogP contribution in [0.1, 0.15) is 25.3 Å². The van der Waals surface area contributed by atoms with Crippen molar-refractivity contribution >= 4 is 5.96 Å². The smallest absolute Gasteiger partial charge is 0.193 e. The zero-order chi connectivity index (χ0) is 15.1. The van der Waals surface area contributed by atoms with Gasteiger partial charge in [-0.3, -0.25) is 4.99 Å². The Hall–Kier alpha value is -1.71. The lowest BCUT2D eigenvalue weighted by atomic mass is 10.0. The van der Waals surface area contributed by atoms with Crippen LogP contribution in [0.2, 0.25) is 0 Å². The molecule has 1 atom stereocenters. The van der Waals surface area contributed by atoms with E-state index in [1.54, 1.807) is 0 Å². The molecule has 4 heteroatoms.